The van der Waals surface area contributed by atoms with Crippen molar-refractivity contribution < 1.29 is 9.90 Å². The maximum absolute atomic E-state index is 10.5. The number of rotatable bonds is 2. The van der Waals surface area contributed by atoms with E-state index in [1.54, 1.807) is 12.1 Å². The molecule has 1 aliphatic carbocycles. The third-order valence-corrected chi connectivity index (χ3v) is 3.26. The maximum atomic E-state index is 10.5. The van der Waals surface area contributed by atoms with E-state index in [0.717, 1.165) is 37.5 Å². The maximum Gasteiger partial charge on any atom is 0.150 e. The largest absolute Gasteiger partial charge is 0.385 e. The average molecular weight is 232 g/mol. The minimum atomic E-state index is -0.653. The fraction of sp³-hybridized carbons (Fsp3) is 0.462. The molecule has 2 nitrogen and oxygen atoms in total. The Hall–Kier alpha value is -0.933. The van der Waals surface area contributed by atoms with Gasteiger partial charge in [-0.15, -0.1) is 0 Å². The lowest BCUT2D eigenvalue weighted by Gasteiger charge is -2.32. The van der Waals surface area contributed by atoms with Gasteiger partial charge in [0.05, 0.1) is 5.60 Å². The highest BCUT2D eigenvalue weighted by Crippen LogP contribution is 2.36. The van der Waals surface area contributed by atoms with Crippen molar-refractivity contribution >= 4 is 17.3 Å². The number of aldehydes is 1. The normalized spacial score (nSPS) is 18.6. The van der Waals surface area contributed by atoms with Gasteiger partial charge in [0.25, 0.3) is 0 Å². The van der Waals surface area contributed by atoms with Gasteiger partial charge in [-0.1, -0.05) is 43.5 Å². The first-order valence-electron chi connectivity index (χ1n) is 5.53. The predicted octanol–water partition coefficient (Wildman–Crippen LogP) is 2.27. The van der Waals surface area contributed by atoms with Gasteiger partial charge in [0, 0.05) is 16.5 Å². The zero-order valence-corrected chi connectivity index (χ0v) is 10.3. The van der Waals surface area contributed by atoms with E-state index in [0.29, 0.717) is 5.56 Å². The number of hydrogen-bond donors (Lipinski definition) is 1. The summed E-state index contributed by atoms with van der Waals surface area (Å²) in [7, 11) is 0. The second-order valence-corrected chi connectivity index (χ2v) is 4.33. The third-order valence-electron chi connectivity index (χ3n) is 3.26. The first kappa shape index (κ1) is 13.1. The molecule has 16 heavy (non-hydrogen) atoms. The zero-order chi connectivity index (χ0) is 10.7. The molecule has 0 aromatic heterocycles. The van der Waals surface area contributed by atoms with Crippen LogP contribution in [0.25, 0.3) is 0 Å². The van der Waals surface area contributed by atoms with Gasteiger partial charge in [0.1, 0.15) is 6.29 Å². The Kier molecular flexibility index (Phi) is 4.44. The molecule has 0 saturated heterocycles. The quantitative estimate of drug-likeness (QED) is 0.627. The van der Waals surface area contributed by atoms with Crippen molar-refractivity contribution in [2.75, 3.05) is 0 Å². The van der Waals surface area contributed by atoms with Crippen LogP contribution in [0, 0.1) is 0 Å². The lowest BCUT2D eigenvalue weighted by molar-refractivity contribution is -0.000640. The Balaban J connectivity index is 0.00000128. The summed E-state index contributed by atoms with van der Waals surface area (Å²) in [4.78, 5) is 10.5. The van der Waals surface area contributed by atoms with Gasteiger partial charge in [-0.25, -0.2) is 0 Å². The Morgan fingerprint density at radius 1 is 1.06 bits per heavy atom. The summed E-state index contributed by atoms with van der Waals surface area (Å²) in [5.41, 5.74) is 0.964. The van der Waals surface area contributed by atoms with Crippen LogP contribution in [0.4, 0.5) is 0 Å². The van der Waals surface area contributed by atoms with Crippen LogP contribution in [0.2, 0.25) is 0 Å². The van der Waals surface area contributed by atoms with Crippen LogP contribution in [0.1, 0.15) is 48.0 Å². The minimum Gasteiger partial charge on any atom is -0.385 e. The summed E-state index contributed by atoms with van der Waals surface area (Å²) in [6.45, 7) is 0. The lowest BCUT2D eigenvalue weighted by atomic mass is 9.79. The van der Waals surface area contributed by atoms with Gasteiger partial charge in [-0.05, 0) is 18.4 Å². The van der Waals surface area contributed by atoms with Crippen molar-refractivity contribution in [2.45, 2.75) is 37.7 Å². The molecule has 0 bridgehead atoms. The molecule has 1 aromatic rings. The molecule has 4 radical (unpaired) electrons. The summed E-state index contributed by atoms with van der Waals surface area (Å²) in [5.74, 6) is 0. The lowest BCUT2D eigenvalue weighted by Crippen LogP contribution is -2.28. The predicted molar refractivity (Wildman–Crippen MR) is 64.6 cm³/mol. The van der Waals surface area contributed by atoms with E-state index in [1.807, 2.05) is 12.1 Å². The monoisotopic (exact) mass is 232 g/mol. The first-order valence-corrected chi connectivity index (χ1v) is 5.53. The molecule has 0 aliphatic heterocycles. The molecule has 0 heterocycles. The molecule has 1 N–H and O–H groups in total. The Bertz CT molecular complexity index is 339. The topological polar surface area (TPSA) is 37.3 Å². The molecule has 2 rings (SSSR count). The Morgan fingerprint density at radius 3 is 2.12 bits per heavy atom. The molecular formula is C13H16O2Si. The van der Waals surface area contributed by atoms with Crippen LogP contribution < -0.4 is 0 Å². The number of hydrogen-bond acceptors (Lipinski definition) is 2. The van der Waals surface area contributed by atoms with Gasteiger partial charge < -0.3 is 5.11 Å². The molecule has 0 atom stereocenters. The van der Waals surface area contributed by atoms with E-state index in [4.69, 9.17) is 0 Å². The fourth-order valence-corrected chi connectivity index (χ4v) is 2.30. The van der Waals surface area contributed by atoms with Gasteiger partial charge >= 0.3 is 0 Å². The molecule has 1 saturated carbocycles. The summed E-state index contributed by atoms with van der Waals surface area (Å²) in [5, 5.41) is 10.4. The minimum absolute atomic E-state index is 0. The second-order valence-electron chi connectivity index (χ2n) is 4.33. The van der Waals surface area contributed by atoms with Crippen molar-refractivity contribution in [3.05, 3.63) is 35.4 Å². The van der Waals surface area contributed by atoms with Crippen LogP contribution in [0.3, 0.4) is 0 Å². The molecule has 0 spiro atoms. The molecule has 0 unspecified atom stereocenters. The highest BCUT2D eigenvalue weighted by atomic mass is 28.1. The van der Waals surface area contributed by atoms with E-state index >= 15 is 0 Å². The third kappa shape index (κ3) is 2.60. The van der Waals surface area contributed by atoms with E-state index in [9.17, 15) is 9.90 Å². The van der Waals surface area contributed by atoms with Crippen LogP contribution >= 0.6 is 0 Å². The molecule has 1 aromatic carbocycles. The fourth-order valence-electron chi connectivity index (χ4n) is 2.30. The van der Waals surface area contributed by atoms with Gasteiger partial charge in [0.15, 0.2) is 0 Å². The summed E-state index contributed by atoms with van der Waals surface area (Å²) < 4.78 is 0. The highest BCUT2D eigenvalue weighted by molar-refractivity contribution is 5.75. The number of carbonyl (C=O) groups excluding carboxylic acids is 1. The summed E-state index contributed by atoms with van der Waals surface area (Å²) >= 11 is 0. The van der Waals surface area contributed by atoms with Crippen LogP contribution in [0.15, 0.2) is 24.3 Å². The van der Waals surface area contributed by atoms with E-state index in [2.05, 4.69) is 0 Å². The summed E-state index contributed by atoms with van der Waals surface area (Å²) in [6.07, 6.45) is 5.90. The SMILES string of the molecule is O=Cc1ccc(C2(O)CCCCC2)cc1.[Si]. The number of benzene rings is 1. The highest BCUT2D eigenvalue weighted by Gasteiger charge is 2.30. The number of aliphatic hydroxyl groups is 1. The Morgan fingerprint density at radius 2 is 1.62 bits per heavy atom. The summed E-state index contributed by atoms with van der Waals surface area (Å²) in [6, 6.07) is 7.29. The second kappa shape index (κ2) is 5.41. The average Bonchev–Trinajstić information content (AvgIpc) is 2.30. The van der Waals surface area contributed by atoms with Crippen molar-refractivity contribution in [2.24, 2.45) is 0 Å². The standard InChI is InChI=1S/C13H16O2.Si/c14-10-11-4-6-12(7-5-11)13(15)8-2-1-3-9-13;/h4-7,10,15H,1-3,8-9H2;. The van der Waals surface area contributed by atoms with Crippen molar-refractivity contribution in [1.82, 2.24) is 0 Å². The molecular weight excluding hydrogens is 216 g/mol. The molecule has 84 valence electrons. The van der Waals surface area contributed by atoms with E-state index in [-0.39, 0.29) is 11.0 Å². The van der Waals surface area contributed by atoms with E-state index < -0.39 is 5.60 Å². The molecule has 1 fully saturated rings. The van der Waals surface area contributed by atoms with Crippen LogP contribution in [0.5, 0.6) is 0 Å². The first-order chi connectivity index (χ1) is 7.24. The van der Waals surface area contributed by atoms with E-state index in [1.165, 1.54) is 6.42 Å². The van der Waals surface area contributed by atoms with Gasteiger partial charge in [-0.2, -0.15) is 0 Å². The molecule has 1 aliphatic rings. The molecule has 0 amide bonds. The van der Waals surface area contributed by atoms with Crippen molar-refractivity contribution in [1.29, 1.82) is 0 Å². The zero-order valence-electron chi connectivity index (χ0n) is 9.28. The number of carbonyl (C=O) groups is 1. The van der Waals surface area contributed by atoms with Gasteiger partial charge in [-0.3, -0.25) is 4.79 Å². The Labute approximate surface area is 101 Å². The van der Waals surface area contributed by atoms with Gasteiger partial charge in [0.2, 0.25) is 0 Å². The van der Waals surface area contributed by atoms with Crippen molar-refractivity contribution in [3.63, 3.8) is 0 Å². The van der Waals surface area contributed by atoms with Crippen LogP contribution in [-0.4, -0.2) is 22.4 Å². The van der Waals surface area contributed by atoms with Crippen molar-refractivity contribution in [3.8, 4) is 0 Å². The smallest absolute Gasteiger partial charge is 0.150 e. The molecule has 3 heteroatoms. The van der Waals surface area contributed by atoms with Crippen LogP contribution in [-0.2, 0) is 5.60 Å².